The molecule has 0 N–H and O–H groups in total. The first-order valence-corrected chi connectivity index (χ1v) is 18.2. The Morgan fingerprint density at radius 1 is 0.484 bits per heavy atom. The third-order valence-electron chi connectivity index (χ3n) is 6.99. The fourth-order valence-electron chi connectivity index (χ4n) is 4.87. The molecule has 0 amide bonds. The zero-order chi connectivity index (χ0) is 23.5. The van der Waals surface area contributed by atoms with Crippen molar-refractivity contribution in [1.29, 1.82) is 0 Å². The fraction of sp³-hybridized carbons (Fsp3) is 1.00. The second kappa shape index (κ2) is 17.8. The summed E-state index contributed by atoms with van der Waals surface area (Å²) in [5, 5.41) is 0. The van der Waals surface area contributed by atoms with E-state index in [-0.39, 0.29) is 5.75 Å². The van der Waals surface area contributed by atoms with Gasteiger partial charge in [0, 0.05) is 0 Å². The van der Waals surface area contributed by atoms with Gasteiger partial charge >= 0.3 is 197 Å². The van der Waals surface area contributed by atoms with Crippen molar-refractivity contribution in [3.8, 4) is 0 Å². The first-order chi connectivity index (χ1) is 14.8. The van der Waals surface area contributed by atoms with Gasteiger partial charge in [-0.15, -0.1) is 0 Å². The summed E-state index contributed by atoms with van der Waals surface area (Å²) in [7, 11) is -3.43. The van der Waals surface area contributed by atoms with Crippen molar-refractivity contribution in [3.63, 3.8) is 0 Å². The summed E-state index contributed by atoms with van der Waals surface area (Å²) in [6.07, 6.45) is 23.9. The molecule has 3 nitrogen and oxygen atoms in total. The van der Waals surface area contributed by atoms with Crippen LogP contribution in [0.5, 0.6) is 0 Å². The zero-order valence-electron chi connectivity index (χ0n) is 21.9. The molecule has 0 fully saturated rings. The van der Waals surface area contributed by atoms with Crippen molar-refractivity contribution in [3.05, 3.63) is 0 Å². The number of hydrogen-bond acceptors (Lipinski definition) is 3. The molecule has 0 saturated heterocycles. The molecule has 0 aliphatic heterocycles. The van der Waals surface area contributed by atoms with Crippen LogP contribution >= 0.6 is 6.83 Å². The van der Waals surface area contributed by atoms with Crippen molar-refractivity contribution >= 4 is 16.9 Å². The van der Waals surface area contributed by atoms with Gasteiger partial charge < -0.3 is 0 Å². The maximum absolute atomic E-state index is 12.8. The molecule has 0 atom stereocenters. The van der Waals surface area contributed by atoms with Crippen molar-refractivity contribution in [2.75, 3.05) is 30.4 Å². The molecule has 0 unspecified atom stereocenters. The first kappa shape index (κ1) is 31.3. The van der Waals surface area contributed by atoms with E-state index in [0.29, 0.717) is 0 Å². The first-order valence-electron chi connectivity index (χ1n) is 13.8. The van der Waals surface area contributed by atoms with Gasteiger partial charge in [0.1, 0.15) is 0 Å². The molecular formula is C26H57O3PS. The van der Waals surface area contributed by atoms with Gasteiger partial charge in [0.2, 0.25) is 0 Å². The summed E-state index contributed by atoms with van der Waals surface area (Å²) in [6.45, 7) is 7.93. The van der Waals surface area contributed by atoms with E-state index in [1.54, 1.807) is 6.92 Å². The van der Waals surface area contributed by atoms with Crippen LogP contribution in [0.4, 0.5) is 0 Å². The topological polar surface area (TPSA) is 43.4 Å². The summed E-state index contributed by atoms with van der Waals surface area (Å²) in [5.74, 6) is 0.104. The molecule has 190 valence electrons. The van der Waals surface area contributed by atoms with E-state index in [0.717, 1.165) is 69.6 Å². The minimum absolute atomic E-state index is 0.104. The van der Waals surface area contributed by atoms with Gasteiger partial charge in [-0.3, -0.25) is 0 Å². The third kappa shape index (κ3) is 13.6. The van der Waals surface area contributed by atoms with Crippen LogP contribution in [-0.4, -0.2) is 38.8 Å². The molecule has 31 heavy (non-hydrogen) atoms. The van der Waals surface area contributed by atoms with E-state index in [2.05, 4.69) is 27.7 Å². The Labute approximate surface area is 197 Å². The van der Waals surface area contributed by atoms with Crippen molar-refractivity contribution < 1.29 is 12.4 Å². The van der Waals surface area contributed by atoms with E-state index in [9.17, 15) is 8.42 Å². The van der Waals surface area contributed by atoms with E-state index in [1.807, 2.05) is 0 Å². The molecule has 0 aliphatic rings. The van der Waals surface area contributed by atoms with Crippen LogP contribution in [0.15, 0.2) is 0 Å². The average Bonchev–Trinajstić information content (AvgIpc) is 2.76. The predicted molar refractivity (Wildman–Crippen MR) is 144 cm³/mol. The van der Waals surface area contributed by atoms with Gasteiger partial charge in [0.15, 0.2) is 0 Å². The van der Waals surface area contributed by atoms with Crippen molar-refractivity contribution in [2.45, 2.75) is 137 Å². The van der Waals surface area contributed by atoms with Gasteiger partial charge in [-0.25, -0.2) is 0 Å². The summed E-state index contributed by atoms with van der Waals surface area (Å²) >= 11 is 0. The zero-order valence-corrected chi connectivity index (χ0v) is 23.6. The average molecular weight is 481 g/mol. The third-order valence-corrected chi connectivity index (χ3v) is 16.1. The second-order valence-electron chi connectivity index (χ2n) is 9.92. The molecule has 0 aliphatic carbocycles. The number of rotatable bonds is 23. The summed E-state index contributed by atoms with van der Waals surface area (Å²) in [5.41, 5.74) is 0. The van der Waals surface area contributed by atoms with E-state index < -0.39 is 16.9 Å². The van der Waals surface area contributed by atoms with E-state index in [1.165, 1.54) is 57.8 Å². The Morgan fingerprint density at radius 2 is 0.806 bits per heavy atom. The van der Waals surface area contributed by atoms with Crippen LogP contribution in [0.3, 0.4) is 0 Å². The molecule has 0 radical (unpaired) electrons. The van der Waals surface area contributed by atoms with E-state index in [4.69, 9.17) is 3.97 Å². The van der Waals surface area contributed by atoms with Crippen molar-refractivity contribution in [1.82, 2.24) is 0 Å². The quantitative estimate of drug-likeness (QED) is 0.108. The molecule has 0 saturated carbocycles. The molecule has 0 spiro atoms. The van der Waals surface area contributed by atoms with Gasteiger partial charge in [-0.05, 0) is 0 Å². The molecule has 0 heterocycles. The van der Waals surface area contributed by atoms with Crippen LogP contribution in [0.1, 0.15) is 137 Å². The molecule has 0 aromatic heterocycles. The summed E-state index contributed by atoms with van der Waals surface area (Å²) < 4.78 is 32.1. The Kier molecular flexibility index (Phi) is 18.0. The Bertz CT molecular complexity index is 494. The minimum atomic E-state index is -3.43. The van der Waals surface area contributed by atoms with Crippen LogP contribution in [0.25, 0.3) is 0 Å². The van der Waals surface area contributed by atoms with E-state index >= 15 is 0 Å². The van der Waals surface area contributed by atoms with Crippen LogP contribution in [0, 0.1) is 0 Å². The number of unbranched alkanes of at least 4 members (excludes halogenated alkanes) is 12. The SMILES string of the molecule is CCCCCCCCCCCCP(CCCC)(CCCC)(CCCC)OS(=O)(=O)CC. The molecule has 0 bridgehead atoms. The van der Waals surface area contributed by atoms with Gasteiger partial charge in [-0.2, -0.15) is 0 Å². The van der Waals surface area contributed by atoms with Crippen molar-refractivity contribution in [2.24, 2.45) is 0 Å². The maximum atomic E-state index is 12.8. The Morgan fingerprint density at radius 3 is 1.16 bits per heavy atom. The van der Waals surface area contributed by atoms with Crippen LogP contribution in [0.2, 0.25) is 0 Å². The predicted octanol–water partition coefficient (Wildman–Crippen LogP) is 9.14. The summed E-state index contributed by atoms with van der Waals surface area (Å²) in [6, 6.07) is 0. The van der Waals surface area contributed by atoms with Gasteiger partial charge in [0.25, 0.3) is 0 Å². The fourth-order valence-corrected chi connectivity index (χ4v) is 14.8. The van der Waals surface area contributed by atoms with Crippen LogP contribution < -0.4 is 0 Å². The summed E-state index contributed by atoms with van der Waals surface area (Å²) in [4.78, 5) is 0. The second-order valence-corrected chi connectivity index (χ2v) is 17.7. The number of hydrogen-bond donors (Lipinski definition) is 0. The molecule has 0 aromatic carbocycles. The van der Waals surface area contributed by atoms with Crippen LogP contribution in [-0.2, 0) is 14.1 Å². The Hall–Kier alpha value is 0.340. The molecule has 5 heteroatoms. The Balaban J connectivity index is 5.15. The van der Waals surface area contributed by atoms with Gasteiger partial charge in [-0.1, -0.05) is 0 Å². The monoisotopic (exact) mass is 480 g/mol. The standard InChI is InChI=1S/C26H57O3PS/c1-6-11-15-16-17-18-19-20-21-22-26-30(23-12-7-2,24-13-8-3,25-14-9-4)29-31(27,28)10-5/h6-26H2,1-5H3. The molecule has 0 aromatic rings. The molecule has 0 rings (SSSR count). The van der Waals surface area contributed by atoms with Gasteiger partial charge in [0.05, 0.1) is 0 Å². The normalized spacial score (nSPS) is 13.9. The molecular weight excluding hydrogens is 423 g/mol.